The SMILES string of the molecule is CCCOc1cccc(-c2nnc(C(C)NCC)o2)c1. The standard InChI is InChI=1S/C15H21N3O2/c1-4-9-19-13-8-6-7-12(10-13)15-18-17-14(20-15)11(3)16-5-2/h6-8,10-11,16H,4-5,9H2,1-3H3. The molecule has 1 N–H and O–H groups in total. The van der Waals surface area contributed by atoms with Crippen molar-refractivity contribution in [3.63, 3.8) is 0 Å². The minimum atomic E-state index is 0.0563. The zero-order chi connectivity index (χ0) is 14.4. The highest BCUT2D eigenvalue weighted by atomic mass is 16.5. The first-order valence-electron chi connectivity index (χ1n) is 7.04. The zero-order valence-electron chi connectivity index (χ0n) is 12.2. The zero-order valence-corrected chi connectivity index (χ0v) is 12.2. The van der Waals surface area contributed by atoms with Crippen LogP contribution in [0.3, 0.4) is 0 Å². The van der Waals surface area contributed by atoms with Gasteiger partial charge >= 0.3 is 0 Å². The van der Waals surface area contributed by atoms with Gasteiger partial charge in [-0.05, 0) is 38.1 Å². The summed E-state index contributed by atoms with van der Waals surface area (Å²) in [7, 11) is 0. The van der Waals surface area contributed by atoms with Crippen molar-refractivity contribution in [1.29, 1.82) is 0 Å². The number of ether oxygens (including phenoxy) is 1. The molecule has 1 aromatic carbocycles. The third-order valence-corrected chi connectivity index (χ3v) is 2.88. The van der Waals surface area contributed by atoms with Gasteiger partial charge in [-0.2, -0.15) is 0 Å². The van der Waals surface area contributed by atoms with Crippen LogP contribution >= 0.6 is 0 Å². The molecule has 0 saturated carbocycles. The van der Waals surface area contributed by atoms with E-state index in [2.05, 4.69) is 22.4 Å². The summed E-state index contributed by atoms with van der Waals surface area (Å²) in [6.07, 6.45) is 0.981. The normalized spacial score (nSPS) is 12.3. The second kappa shape index (κ2) is 7.05. The van der Waals surface area contributed by atoms with Gasteiger partial charge < -0.3 is 14.5 Å². The van der Waals surface area contributed by atoms with Gasteiger partial charge in [0.1, 0.15) is 5.75 Å². The summed E-state index contributed by atoms with van der Waals surface area (Å²) in [5.74, 6) is 1.94. The van der Waals surface area contributed by atoms with Crippen LogP contribution in [0, 0.1) is 0 Å². The van der Waals surface area contributed by atoms with Gasteiger partial charge in [0, 0.05) is 5.56 Å². The molecule has 5 heteroatoms. The van der Waals surface area contributed by atoms with Crippen molar-refractivity contribution in [2.45, 2.75) is 33.2 Å². The van der Waals surface area contributed by atoms with Crippen LogP contribution in [0.2, 0.25) is 0 Å². The van der Waals surface area contributed by atoms with Crippen LogP contribution in [0.1, 0.15) is 39.1 Å². The van der Waals surface area contributed by atoms with Gasteiger partial charge in [0.05, 0.1) is 12.6 Å². The third kappa shape index (κ3) is 3.57. The Balaban J connectivity index is 2.15. The largest absolute Gasteiger partial charge is 0.494 e. The number of rotatable bonds is 7. The molecular weight excluding hydrogens is 254 g/mol. The molecule has 1 unspecified atom stereocenters. The molecule has 0 amide bonds. The molecule has 2 aromatic rings. The summed E-state index contributed by atoms with van der Waals surface area (Å²) in [6.45, 7) is 7.69. The summed E-state index contributed by atoms with van der Waals surface area (Å²) in [4.78, 5) is 0. The van der Waals surface area contributed by atoms with Crippen LogP contribution in [0.5, 0.6) is 5.75 Å². The van der Waals surface area contributed by atoms with Crippen molar-refractivity contribution in [1.82, 2.24) is 15.5 Å². The Morgan fingerprint density at radius 1 is 1.30 bits per heavy atom. The molecule has 0 aliphatic heterocycles. The first kappa shape index (κ1) is 14.5. The Hall–Kier alpha value is -1.88. The Kier molecular flexibility index (Phi) is 5.12. The summed E-state index contributed by atoms with van der Waals surface area (Å²) in [5, 5.41) is 11.4. The first-order chi connectivity index (χ1) is 9.74. The van der Waals surface area contributed by atoms with E-state index in [1.54, 1.807) is 0 Å². The fourth-order valence-electron chi connectivity index (χ4n) is 1.86. The Morgan fingerprint density at radius 3 is 2.90 bits per heavy atom. The lowest BCUT2D eigenvalue weighted by Crippen LogP contribution is -2.17. The topological polar surface area (TPSA) is 60.2 Å². The van der Waals surface area contributed by atoms with Crippen molar-refractivity contribution in [2.75, 3.05) is 13.2 Å². The highest BCUT2D eigenvalue weighted by Gasteiger charge is 2.14. The fourth-order valence-corrected chi connectivity index (χ4v) is 1.86. The lowest BCUT2D eigenvalue weighted by atomic mass is 10.2. The third-order valence-electron chi connectivity index (χ3n) is 2.88. The van der Waals surface area contributed by atoms with Crippen molar-refractivity contribution >= 4 is 0 Å². The van der Waals surface area contributed by atoms with E-state index >= 15 is 0 Å². The van der Waals surface area contributed by atoms with Gasteiger partial charge in [0.15, 0.2) is 0 Å². The highest BCUT2D eigenvalue weighted by Crippen LogP contribution is 2.24. The molecular formula is C15H21N3O2. The van der Waals surface area contributed by atoms with E-state index in [4.69, 9.17) is 9.15 Å². The van der Waals surface area contributed by atoms with Gasteiger partial charge in [0.25, 0.3) is 0 Å². The number of aromatic nitrogens is 2. The van der Waals surface area contributed by atoms with E-state index in [1.165, 1.54) is 0 Å². The maximum atomic E-state index is 5.70. The van der Waals surface area contributed by atoms with Crippen LogP contribution in [0.4, 0.5) is 0 Å². The summed E-state index contributed by atoms with van der Waals surface area (Å²) < 4.78 is 11.3. The molecule has 1 atom stereocenters. The maximum absolute atomic E-state index is 5.70. The average molecular weight is 275 g/mol. The first-order valence-corrected chi connectivity index (χ1v) is 7.04. The molecule has 0 fully saturated rings. The lowest BCUT2D eigenvalue weighted by molar-refractivity contribution is 0.317. The van der Waals surface area contributed by atoms with Gasteiger partial charge in [0.2, 0.25) is 11.8 Å². The summed E-state index contributed by atoms with van der Waals surface area (Å²) >= 11 is 0. The summed E-state index contributed by atoms with van der Waals surface area (Å²) in [5.41, 5.74) is 0.876. The van der Waals surface area contributed by atoms with Crippen LogP contribution < -0.4 is 10.1 Å². The molecule has 0 aliphatic rings. The minimum absolute atomic E-state index is 0.0563. The van der Waals surface area contributed by atoms with Crippen LogP contribution in [0.15, 0.2) is 28.7 Å². The molecule has 108 valence electrons. The smallest absolute Gasteiger partial charge is 0.247 e. The molecule has 1 aromatic heterocycles. The van der Waals surface area contributed by atoms with Gasteiger partial charge in [-0.25, -0.2) is 0 Å². The Bertz CT molecular complexity index is 539. The Morgan fingerprint density at radius 2 is 2.15 bits per heavy atom. The monoisotopic (exact) mass is 275 g/mol. The number of nitrogens with one attached hydrogen (secondary N) is 1. The van der Waals surface area contributed by atoms with Gasteiger partial charge in [-0.1, -0.05) is 19.9 Å². The maximum Gasteiger partial charge on any atom is 0.247 e. The van der Waals surface area contributed by atoms with Crippen molar-refractivity contribution in [3.05, 3.63) is 30.2 Å². The summed E-state index contributed by atoms with van der Waals surface area (Å²) in [6, 6.07) is 7.77. The molecule has 2 rings (SSSR count). The second-order valence-electron chi connectivity index (χ2n) is 4.60. The van der Waals surface area contributed by atoms with E-state index in [0.717, 1.165) is 24.3 Å². The second-order valence-corrected chi connectivity index (χ2v) is 4.60. The van der Waals surface area contributed by atoms with Crippen molar-refractivity contribution in [3.8, 4) is 17.2 Å². The van der Waals surface area contributed by atoms with Crippen LogP contribution in [-0.4, -0.2) is 23.3 Å². The molecule has 1 heterocycles. The number of hydrogen-bond donors (Lipinski definition) is 1. The number of nitrogens with zero attached hydrogens (tertiary/aromatic N) is 2. The molecule has 20 heavy (non-hydrogen) atoms. The average Bonchev–Trinajstić information content (AvgIpc) is 2.95. The van der Waals surface area contributed by atoms with Gasteiger partial charge in [-0.15, -0.1) is 10.2 Å². The van der Waals surface area contributed by atoms with Crippen molar-refractivity contribution in [2.24, 2.45) is 0 Å². The highest BCUT2D eigenvalue weighted by molar-refractivity contribution is 5.55. The quantitative estimate of drug-likeness (QED) is 0.840. The molecule has 0 aliphatic carbocycles. The minimum Gasteiger partial charge on any atom is -0.494 e. The molecule has 0 bridgehead atoms. The lowest BCUT2D eigenvalue weighted by Gasteiger charge is -2.06. The molecule has 0 radical (unpaired) electrons. The van der Waals surface area contributed by atoms with E-state index in [9.17, 15) is 0 Å². The molecule has 0 saturated heterocycles. The Labute approximate surface area is 119 Å². The number of benzene rings is 1. The molecule has 5 nitrogen and oxygen atoms in total. The van der Waals surface area contributed by atoms with Gasteiger partial charge in [-0.3, -0.25) is 0 Å². The van der Waals surface area contributed by atoms with E-state index in [-0.39, 0.29) is 6.04 Å². The van der Waals surface area contributed by atoms with E-state index in [0.29, 0.717) is 18.4 Å². The van der Waals surface area contributed by atoms with E-state index in [1.807, 2.05) is 38.1 Å². The predicted molar refractivity (Wildman–Crippen MR) is 77.6 cm³/mol. The fraction of sp³-hybridized carbons (Fsp3) is 0.467. The van der Waals surface area contributed by atoms with Crippen LogP contribution in [0.25, 0.3) is 11.5 Å². The van der Waals surface area contributed by atoms with Crippen molar-refractivity contribution < 1.29 is 9.15 Å². The van der Waals surface area contributed by atoms with E-state index < -0.39 is 0 Å². The number of hydrogen-bond acceptors (Lipinski definition) is 5. The molecule has 0 spiro atoms. The van der Waals surface area contributed by atoms with Crippen LogP contribution in [-0.2, 0) is 0 Å². The predicted octanol–water partition coefficient (Wildman–Crippen LogP) is 3.20.